The fourth-order valence-electron chi connectivity index (χ4n) is 2.57. The summed E-state index contributed by atoms with van der Waals surface area (Å²) in [6.07, 6.45) is -1.04. The van der Waals surface area contributed by atoms with Crippen LogP contribution < -0.4 is 10.1 Å². The van der Waals surface area contributed by atoms with E-state index in [9.17, 15) is 9.90 Å². The van der Waals surface area contributed by atoms with Crippen LogP contribution in [-0.2, 0) is 17.8 Å². The Morgan fingerprint density at radius 2 is 1.71 bits per heavy atom. The van der Waals surface area contributed by atoms with Crippen molar-refractivity contribution in [1.29, 1.82) is 0 Å². The number of carbonyl (C=O) groups excluding carboxylic acids is 1. The fraction of sp³-hybridized carbons (Fsp3) is 0.409. The molecule has 2 aromatic rings. The first-order valence-electron chi connectivity index (χ1n) is 9.26. The molecule has 0 fully saturated rings. The van der Waals surface area contributed by atoms with Crippen LogP contribution in [0.5, 0.6) is 5.75 Å². The zero-order valence-electron chi connectivity index (χ0n) is 16.5. The quantitative estimate of drug-likeness (QED) is 0.642. The van der Waals surface area contributed by atoms with E-state index in [4.69, 9.17) is 21.1 Å². The van der Waals surface area contributed by atoms with Gasteiger partial charge in [0.05, 0.1) is 18.0 Å². The molecule has 5 nitrogen and oxygen atoms in total. The lowest BCUT2D eigenvalue weighted by Crippen LogP contribution is -2.47. The Balaban J connectivity index is 1.95. The third-order valence-electron chi connectivity index (χ3n) is 3.95. The van der Waals surface area contributed by atoms with Gasteiger partial charge in [0.1, 0.15) is 18.0 Å². The van der Waals surface area contributed by atoms with Crippen molar-refractivity contribution in [3.63, 3.8) is 0 Å². The van der Waals surface area contributed by atoms with Gasteiger partial charge in [-0.05, 0) is 50.5 Å². The predicted molar refractivity (Wildman–Crippen MR) is 111 cm³/mol. The Morgan fingerprint density at radius 3 is 2.29 bits per heavy atom. The van der Waals surface area contributed by atoms with E-state index in [-0.39, 0.29) is 5.88 Å². The van der Waals surface area contributed by atoms with Gasteiger partial charge in [0.15, 0.2) is 0 Å². The third kappa shape index (κ3) is 7.79. The molecule has 0 aliphatic rings. The van der Waals surface area contributed by atoms with Gasteiger partial charge in [-0.25, -0.2) is 4.79 Å². The maximum Gasteiger partial charge on any atom is 0.407 e. The second-order valence-electron chi connectivity index (χ2n) is 7.60. The number of carbonyl (C=O) groups is 1. The minimum atomic E-state index is -0.886. The van der Waals surface area contributed by atoms with E-state index in [1.807, 2.05) is 54.6 Å². The van der Waals surface area contributed by atoms with Gasteiger partial charge in [-0.2, -0.15) is 0 Å². The molecule has 0 bridgehead atoms. The predicted octanol–water partition coefficient (Wildman–Crippen LogP) is 4.30. The molecule has 1 amide bonds. The second kappa shape index (κ2) is 10.3. The fourth-order valence-corrected chi connectivity index (χ4v) is 2.78. The molecule has 6 heteroatoms. The summed E-state index contributed by atoms with van der Waals surface area (Å²) in [5, 5.41) is 12.9. The van der Waals surface area contributed by atoms with Crippen molar-refractivity contribution in [3.8, 4) is 5.75 Å². The highest BCUT2D eigenvalue weighted by molar-refractivity contribution is 6.18. The first kappa shape index (κ1) is 22.1. The largest absolute Gasteiger partial charge is 0.489 e. The van der Waals surface area contributed by atoms with E-state index < -0.39 is 23.8 Å². The summed E-state index contributed by atoms with van der Waals surface area (Å²) in [5.74, 6) is 0.765. The smallest absolute Gasteiger partial charge is 0.407 e. The first-order valence-corrected chi connectivity index (χ1v) is 9.79. The molecule has 0 heterocycles. The highest BCUT2D eigenvalue weighted by Crippen LogP contribution is 2.17. The third-order valence-corrected chi connectivity index (χ3v) is 4.27. The van der Waals surface area contributed by atoms with Crippen molar-refractivity contribution in [3.05, 3.63) is 65.7 Å². The van der Waals surface area contributed by atoms with E-state index in [0.29, 0.717) is 13.0 Å². The molecule has 0 radical (unpaired) electrons. The number of ether oxygens (including phenoxy) is 2. The van der Waals surface area contributed by atoms with E-state index in [0.717, 1.165) is 16.9 Å². The Kier molecular flexibility index (Phi) is 8.15. The summed E-state index contributed by atoms with van der Waals surface area (Å²) < 4.78 is 11.0. The lowest BCUT2D eigenvalue weighted by Gasteiger charge is -2.26. The topological polar surface area (TPSA) is 67.8 Å². The summed E-state index contributed by atoms with van der Waals surface area (Å²) >= 11 is 5.79. The van der Waals surface area contributed by atoms with Gasteiger partial charge in [0.2, 0.25) is 0 Å². The van der Waals surface area contributed by atoms with E-state index in [2.05, 4.69) is 5.32 Å². The van der Waals surface area contributed by atoms with Gasteiger partial charge in [-0.15, -0.1) is 11.6 Å². The average molecular weight is 406 g/mol. The van der Waals surface area contributed by atoms with Gasteiger partial charge in [-0.1, -0.05) is 42.5 Å². The molecule has 0 unspecified atom stereocenters. The Bertz CT molecular complexity index is 728. The summed E-state index contributed by atoms with van der Waals surface area (Å²) in [7, 11) is 0. The first-order chi connectivity index (χ1) is 13.3. The monoisotopic (exact) mass is 405 g/mol. The molecule has 28 heavy (non-hydrogen) atoms. The van der Waals surface area contributed by atoms with E-state index >= 15 is 0 Å². The Morgan fingerprint density at radius 1 is 1.07 bits per heavy atom. The van der Waals surface area contributed by atoms with Gasteiger partial charge < -0.3 is 19.9 Å². The van der Waals surface area contributed by atoms with Crippen molar-refractivity contribution in [2.75, 3.05) is 5.88 Å². The molecule has 0 aliphatic heterocycles. The molecular weight excluding hydrogens is 378 g/mol. The molecule has 0 aromatic heterocycles. The summed E-state index contributed by atoms with van der Waals surface area (Å²) in [6, 6.07) is 16.9. The van der Waals surface area contributed by atoms with Crippen LogP contribution in [0.25, 0.3) is 0 Å². The molecule has 0 aliphatic carbocycles. The number of benzene rings is 2. The highest BCUT2D eigenvalue weighted by Gasteiger charge is 2.24. The molecule has 2 atom stereocenters. The van der Waals surface area contributed by atoms with Crippen LogP contribution in [0, 0.1) is 0 Å². The number of rotatable bonds is 8. The van der Waals surface area contributed by atoms with Crippen molar-refractivity contribution in [2.24, 2.45) is 0 Å². The molecule has 0 saturated carbocycles. The van der Waals surface area contributed by atoms with Crippen molar-refractivity contribution < 1.29 is 19.4 Å². The number of alkyl carbamates (subject to hydrolysis) is 1. The van der Waals surface area contributed by atoms with Gasteiger partial charge >= 0.3 is 6.09 Å². The molecule has 152 valence electrons. The minimum Gasteiger partial charge on any atom is -0.489 e. The van der Waals surface area contributed by atoms with Crippen molar-refractivity contribution in [1.82, 2.24) is 5.32 Å². The number of amides is 1. The van der Waals surface area contributed by atoms with Crippen LogP contribution in [0.1, 0.15) is 31.9 Å². The lowest BCUT2D eigenvalue weighted by atomic mass is 10.0. The number of aliphatic hydroxyl groups excluding tert-OH is 1. The van der Waals surface area contributed by atoms with E-state index in [1.165, 1.54) is 0 Å². The van der Waals surface area contributed by atoms with Gasteiger partial charge in [0.25, 0.3) is 0 Å². The van der Waals surface area contributed by atoms with Crippen LogP contribution in [-0.4, -0.2) is 34.8 Å². The molecule has 2 rings (SSSR count). The van der Waals surface area contributed by atoms with Gasteiger partial charge in [-0.3, -0.25) is 0 Å². The number of nitrogens with one attached hydrogen (secondary N) is 1. The molecular formula is C22H28ClNO4. The maximum atomic E-state index is 12.0. The zero-order valence-corrected chi connectivity index (χ0v) is 17.3. The van der Waals surface area contributed by atoms with Gasteiger partial charge in [0, 0.05) is 0 Å². The molecule has 2 aromatic carbocycles. The van der Waals surface area contributed by atoms with Crippen LogP contribution in [0.4, 0.5) is 4.79 Å². The molecule has 0 saturated heterocycles. The van der Waals surface area contributed by atoms with Crippen LogP contribution in [0.2, 0.25) is 0 Å². The maximum absolute atomic E-state index is 12.0. The normalized spacial score (nSPS) is 13.5. The number of aliphatic hydroxyl groups is 1. The Hall–Kier alpha value is -2.24. The number of halogens is 1. The lowest BCUT2D eigenvalue weighted by molar-refractivity contribution is 0.0440. The second-order valence-corrected chi connectivity index (χ2v) is 7.91. The molecule has 2 N–H and O–H groups in total. The van der Waals surface area contributed by atoms with Crippen molar-refractivity contribution >= 4 is 17.7 Å². The summed E-state index contributed by atoms with van der Waals surface area (Å²) in [4.78, 5) is 12.0. The van der Waals surface area contributed by atoms with Crippen LogP contribution in [0.15, 0.2) is 54.6 Å². The standard InChI is InChI=1S/C22H28ClNO4/c1-22(2,3)28-21(26)24-19(20(25)14-23)13-16-9-11-18(12-10-16)27-15-17-7-5-4-6-8-17/h4-12,19-20,25H,13-15H2,1-3H3,(H,24,26)/t19-,20+/m0/s1. The Labute approximate surface area is 171 Å². The number of hydrogen-bond donors (Lipinski definition) is 2. The number of alkyl halides is 1. The van der Waals surface area contributed by atoms with E-state index in [1.54, 1.807) is 20.8 Å². The highest BCUT2D eigenvalue weighted by atomic mass is 35.5. The zero-order chi connectivity index (χ0) is 20.6. The minimum absolute atomic E-state index is 0.0126. The van der Waals surface area contributed by atoms with Crippen molar-refractivity contribution in [2.45, 2.75) is 51.5 Å². The molecule has 0 spiro atoms. The average Bonchev–Trinajstić information content (AvgIpc) is 2.65. The number of hydrogen-bond acceptors (Lipinski definition) is 4. The summed E-state index contributed by atoms with van der Waals surface area (Å²) in [5.41, 5.74) is 1.42. The van der Waals surface area contributed by atoms with Crippen LogP contribution >= 0.6 is 11.6 Å². The SMILES string of the molecule is CC(C)(C)OC(=O)N[C@@H](Cc1ccc(OCc2ccccc2)cc1)[C@H](O)CCl. The van der Waals surface area contributed by atoms with Crippen LogP contribution in [0.3, 0.4) is 0 Å². The summed E-state index contributed by atoms with van der Waals surface area (Å²) in [6.45, 7) is 5.85.